The first-order chi connectivity index (χ1) is 14.8. The molecule has 0 aliphatic carbocycles. The molecule has 0 saturated carbocycles. The molecule has 2 heterocycles. The van der Waals surface area contributed by atoms with Crippen LogP contribution in [0, 0.1) is 0 Å². The van der Waals surface area contributed by atoms with E-state index in [4.69, 9.17) is 43.0 Å². The van der Waals surface area contributed by atoms with E-state index < -0.39 is 36.1 Å². The average Bonchev–Trinajstić information content (AvgIpc) is 3.33. The van der Waals surface area contributed by atoms with Crippen LogP contribution in [0.5, 0.6) is 5.75 Å². The molecule has 11 nitrogen and oxygen atoms in total. The Labute approximate surface area is 179 Å². The molecule has 2 aliphatic heterocycles. The molecule has 0 bridgehead atoms. The predicted molar refractivity (Wildman–Crippen MR) is 101 cm³/mol. The van der Waals surface area contributed by atoms with E-state index in [1.54, 1.807) is 44.2 Å². The Bertz CT molecular complexity index is 742. The van der Waals surface area contributed by atoms with Crippen molar-refractivity contribution in [2.45, 2.75) is 37.6 Å². The van der Waals surface area contributed by atoms with E-state index >= 15 is 0 Å². The van der Waals surface area contributed by atoms with Crippen molar-refractivity contribution in [3.05, 3.63) is 30.3 Å². The number of aliphatic hydroxyl groups excluding tert-OH is 1. The van der Waals surface area contributed by atoms with Crippen LogP contribution in [0.1, 0.15) is 13.8 Å². The van der Waals surface area contributed by atoms with Crippen molar-refractivity contribution < 1.29 is 52.6 Å². The number of carbonyl (C=O) groups is 2. The van der Waals surface area contributed by atoms with E-state index in [2.05, 4.69) is 0 Å². The summed E-state index contributed by atoms with van der Waals surface area (Å²) in [4.78, 5) is 23.6. The monoisotopic (exact) mass is 442 g/mol. The molecule has 2 unspecified atom stereocenters. The number of hydrogen-bond donors (Lipinski definition) is 1. The Morgan fingerprint density at radius 2 is 1.52 bits per heavy atom. The first-order valence-electron chi connectivity index (χ1n) is 9.73. The van der Waals surface area contributed by atoms with Gasteiger partial charge in [-0.2, -0.15) is 0 Å². The lowest BCUT2D eigenvalue weighted by molar-refractivity contribution is -0.189. The molecule has 0 radical (unpaired) electrons. The van der Waals surface area contributed by atoms with Gasteiger partial charge in [0.05, 0.1) is 19.8 Å². The smallest absolute Gasteiger partial charge is 0.431 e. The third-order valence-electron chi connectivity index (χ3n) is 4.42. The van der Waals surface area contributed by atoms with Crippen LogP contribution in [0.25, 0.3) is 0 Å². The first-order valence-corrected chi connectivity index (χ1v) is 9.73. The van der Waals surface area contributed by atoms with E-state index in [1.807, 2.05) is 0 Å². The van der Waals surface area contributed by atoms with Gasteiger partial charge >= 0.3 is 12.3 Å². The Hall–Kier alpha value is -2.44. The molecule has 0 spiro atoms. The zero-order valence-electron chi connectivity index (χ0n) is 17.3. The largest absolute Gasteiger partial charge is 0.514 e. The number of rotatable bonds is 8. The lowest BCUT2D eigenvalue weighted by Crippen LogP contribution is -2.36. The van der Waals surface area contributed by atoms with Gasteiger partial charge in [0, 0.05) is 0 Å². The summed E-state index contributed by atoms with van der Waals surface area (Å²) >= 11 is 0. The van der Waals surface area contributed by atoms with Crippen LogP contribution in [0.4, 0.5) is 9.59 Å². The van der Waals surface area contributed by atoms with Crippen molar-refractivity contribution in [1.82, 2.24) is 0 Å². The normalized spacial score (nSPS) is 30.0. The zero-order valence-corrected chi connectivity index (χ0v) is 17.3. The van der Waals surface area contributed by atoms with Gasteiger partial charge in [-0.15, -0.1) is 0 Å². The fraction of sp³-hybridized carbons (Fsp3) is 0.600. The molecular weight excluding hydrogens is 416 g/mol. The highest BCUT2D eigenvalue weighted by Gasteiger charge is 2.40. The Morgan fingerprint density at radius 3 is 2.13 bits per heavy atom. The minimum atomic E-state index is -1.20. The molecular formula is C20H26O11. The molecule has 0 amide bonds. The molecule has 3 rings (SSSR count). The maximum Gasteiger partial charge on any atom is 0.514 e. The van der Waals surface area contributed by atoms with Crippen LogP contribution < -0.4 is 4.74 Å². The van der Waals surface area contributed by atoms with E-state index in [1.165, 1.54) is 0 Å². The van der Waals surface area contributed by atoms with Gasteiger partial charge in [-0.3, -0.25) is 0 Å². The quantitative estimate of drug-likeness (QED) is 0.466. The summed E-state index contributed by atoms with van der Waals surface area (Å²) in [6, 6.07) is 8.48. The summed E-state index contributed by atoms with van der Waals surface area (Å²) in [5.41, 5.74) is 0. The average molecular weight is 442 g/mol. The highest BCUT2D eigenvalue weighted by atomic mass is 16.8. The van der Waals surface area contributed by atoms with E-state index in [0.717, 1.165) is 0 Å². The summed E-state index contributed by atoms with van der Waals surface area (Å²) in [6.07, 6.45) is -2.85. The third kappa shape index (κ3) is 7.04. The maximum atomic E-state index is 11.8. The third-order valence-corrected chi connectivity index (χ3v) is 4.42. The van der Waals surface area contributed by atoms with Crippen molar-refractivity contribution in [1.29, 1.82) is 0 Å². The SMILES string of the molecule is C[C@]1(COC(=O)Oc2ccccc2)OCC(COC(=O)OC[C@]2(C)OCC(CO)O2)O1. The number of benzene rings is 1. The molecule has 2 aliphatic rings. The highest BCUT2D eigenvalue weighted by Crippen LogP contribution is 2.25. The topological polar surface area (TPSA) is 128 Å². The minimum absolute atomic E-state index is 0.124. The first kappa shape index (κ1) is 23.2. The molecule has 31 heavy (non-hydrogen) atoms. The van der Waals surface area contributed by atoms with Crippen molar-refractivity contribution >= 4 is 12.3 Å². The second-order valence-electron chi connectivity index (χ2n) is 7.36. The summed E-state index contributed by atoms with van der Waals surface area (Å²) < 4.78 is 42.1. The van der Waals surface area contributed by atoms with Gasteiger partial charge in [-0.25, -0.2) is 9.59 Å². The van der Waals surface area contributed by atoms with Gasteiger partial charge in [0.1, 0.15) is 37.8 Å². The lowest BCUT2D eigenvalue weighted by atomic mass is 10.3. The number of aliphatic hydroxyl groups is 1. The summed E-state index contributed by atoms with van der Waals surface area (Å²) in [6.45, 7) is 2.80. The standard InChI is InChI=1S/C20H26O11/c1-19(27-10-15(8-21)30-19)12-25-17(22)24-9-16-11-28-20(2,31-16)13-26-18(23)29-14-6-4-3-5-7-14/h3-7,15-16,21H,8-13H2,1-2H3/t15?,16?,19-,20+/m1/s1. The second kappa shape index (κ2) is 10.2. The Morgan fingerprint density at radius 1 is 0.935 bits per heavy atom. The summed E-state index contributed by atoms with van der Waals surface area (Å²) in [7, 11) is 0. The fourth-order valence-electron chi connectivity index (χ4n) is 2.90. The molecule has 1 aromatic carbocycles. The summed E-state index contributed by atoms with van der Waals surface area (Å²) in [5, 5.41) is 9.06. The van der Waals surface area contributed by atoms with Gasteiger partial charge in [0.2, 0.25) is 11.6 Å². The molecule has 2 saturated heterocycles. The van der Waals surface area contributed by atoms with Crippen molar-refractivity contribution in [3.8, 4) is 5.75 Å². The molecule has 0 aromatic heterocycles. The minimum Gasteiger partial charge on any atom is -0.431 e. The molecule has 1 N–H and O–H groups in total. The molecule has 2 fully saturated rings. The second-order valence-corrected chi connectivity index (χ2v) is 7.36. The fourth-order valence-corrected chi connectivity index (χ4v) is 2.90. The van der Waals surface area contributed by atoms with E-state index in [-0.39, 0.29) is 39.6 Å². The van der Waals surface area contributed by atoms with Crippen LogP contribution in [0.2, 0.25) is 0 Å². The van der Waals surface area contributed by atoms with Gasteiger partial charge in [0.25, 0.3) is 0 Å². The highest BCUT2D eigenvalue weighted by molar-refractivity contribution is 5.63. The van der Waals surface area contributed by atoms with Crippen LogP contribution in [-0.2, 0) is 33.2 Å². The number of carbonyl (C=O) groups excluding carboxylic acids is 2. The molecule has 1 aromatic rings. The van der Waals surface area contributed by atoms with Gasteiger partial charge in [-0.05, 0) is 26.0 Å². The molecule has 172 valence electrons. The maximum absolute atomic E-state index is 11.8. The van der Waals surface area contributed by atoms with Crippen LogP contribution in [0.15, 0.2) is 30.3 Å². The molecule has 4 atom stereocenters. The van der Waals surface area contributed by atoms with Gasteiger partial charge < -0.3 is 43.0 Å². The van der Waals surface area contributed by atoms with Crippen molar-refractivity contribution in [2.24, 2.45) is 0 Å². The zero-order chi connectivity index (χ0) is 22.3. The van der Waals surface area contributed by atoms with Gasteiger partial charge in [-0.1, -0.05) is 18.2 Å². The predicted octanol–water partition coefficient (Wildman–Crippen LogP) is 1.61. The Balaban J connectivity index is 1.32. The number of hydrogen-bond acceptors (Lipinski definition) is 11. The van der Waals surface area contributed by atoms with Crippen LogP contribution in [0.3, 0.4) is 0 Å². The van der Waals surface area contributed by atoms with Gasteiger partial charge in [0.15, 0.2) is 0 Å². The number of para-hydroxylation sites is 1. The van der Waals surface area contributed by atoms with Crippen LogP contribution in [-0.4, -0.2) is 80.8 Å². The van der Waals surface area contributed by atoms with Crippen molar-refractivity contribution in [3.63, 3.8) is 0 Å². The summed E-state index contributed by atoms with van der Waals surface area (Å²) in [5.74, 6) is -1.99. The number of ether oxygens (including phenoxy) is 8. The van der Waals surface area contributed by atoms with E-state index in [0.29, 0.717) is 5.75 Å². The van der Waals surface area contributed by atoms with E-state index in [9.17, 15) is 9.59 Å². The van der Waals surface area contributed by atoms with Crippen molar-refractivity contribution in [2.75, 3.05) is 39.6 Å². The molecule has 11 heteroatoms. The lowest BCUT2D eigenvalue weighted by Gasteiger charge is -2.23. The Kier molecular flexibility index (Phi) is 7.68. The van der Waals surface area contributed by atoms with Crippen LogP contribution >= 0.6 is 0 Å².